The number of guanidine groups is 1. The molecule has 0 atom stereocenters. The summed E-state index contributed by atoms with van der Waals surface area (Å²) < 4.78 is 5.30. The number of halogens is 1. The number of hydrogen-bond donors (Lipinski definition) is 2. The maximum absolute atomic E-state index is 5.30. The number of nitrogens with one attached hydrogen (secondary N) is 2. The van der Waals surface area contributed by atoms with Crippen LogP contribution >= 0.6 is 24.0 Å². The minimum atomic E-state index is 0. The fourth-order valence-electron chi connectivity index (χ4n) is 2.29. The molecule has 0 aliphatic heterocycles. The molecule has 2 aromatic rings. The Balaban J connectivity index is 0.00000264. The monoisotopic (exact) mass is 428 g/mol. The number of para-hydroxylation sites is 1. The highest BCUT2D eigenvalue weighted by Crippen LogP contribution is 2.15. The fraction of sp³-hybridized carbons (Fsp3) is 0.412. The predicted octanol–water partition coefficient (Wildman–Crippen LogP) is 2.60. The van der Waals surface area contributed by atoms with Crippen LogP contribution in [-0.4, -0.2) is 44.3 Å². The van der Waals surface area contributed by atoms with Crippen LogP contribution in [0.4, 0.5) is 0 Å². The van der Waals surface area contributed by atoms with E-state index in [-0.39, 0.29) is 24.0 Å². The van der Waals surface area contributed by atoms with E-state index in [4.69, 9.17) is 4.74 Å². The van der Waals surface area contributed by atoms with E-state index in [1.165, 1.54) is 10.9 Å². The van der Waals surface area contributed by atoms with Gasteiger partial charge in [0.2, 0.25) is 0 Å². The number of rotatable bonds is 7. The summed E-state index contributed by atoms with van der Waals surface area (Å²) in [6, 6.07) is 10.4. The number of aromatic nitrogens is 1. The molecule has 0 bridgehead atoms. The van der Waals surface area contributed by atoms with Crippen molar-refractivity contribution in [3.8, 4) is 0 Å². The zero-order valence-electron chi connectivity index (χ0n) is 13.7. The van der Waals surface area contributed by atoms with E-state index in [1.54, 1.807) is 7.05 Å². The molecule has 23 heavy (non-hydrogen) atoms. The van der Waals surface area contributed by atoms with Crippen molar-refractivity contribution in [2.45, 2.75) is 13.3 Å². The largest absolute Gasteiger partial charge is 0.380 e. The lowest BCUT2D eigenvalue weighted by atomic mass is 10.1. The lowest BCUT2D eigenvalue weighted by molar-refractivity contribution is 0.152. The molecule has 6 heteroatoms. The topological polar surface area (TPSA) is 58.5 Å². The van der Waals surface area contributed by atoms with Crippen molar-refractivity contribution in [1.82, 2.24) is 15.6 Å². The van der Waals surface area contributed by atoms with Crippen LogP contribution in [0.15, 0.2) is 41.5 Å². The molecule has 0 aliphatic rings. The van der Waals surface area contributed by atoms with Crippen molar-refractivity contribution < 1.29 is 4.74 Å². The van der Waals surface area contributed by atoms with Gasteiger partial charge in [0.1, 0.15) is 0 Å². The van der Waals surface area contributed by atoms with Crippen LogP contribution in [0.5, 0.6) is 0 Å². The summed E-state index contributed by atoms with van der Waals surface area (Å²) in [6.45, 7) is 4.98. The Labute approximate surface area is 155 Å². The standard InChI is InChI=1S/C17H24N4O.HI/c1-3-22-13-12-21-17(18-2)20-11-9-15-7-4-6-14-8-5-10-19-16(14)15;/h4-8,10H,3,9,11-13H2,1-2H3,(H2,18,20,21);1H. The minimum absolute atomic E-state index is 0. The minimum Gasteiger partial charge on any atom is -0.380 e. The van der Waals surface area contributed by atoms with E-state index in [9.17, 15) is 0 Å². The number of ether oxygens (including phenoxy) is 1. The summed E-state index contributed by atoms with van der Waals surface area (Å²) in [6.07, 6.45) is 2.74. The molecule has 0 saturated heterocycles. The molecule has 0 fully saturated rings. The van der Waals surface area contributed by atoms with Gasteiger partial charge in [-0.3, -0.25) is 9.98 Å². The molecule has 1 heterocycles. The number of aliphatic imine (C=N–C) groups is 1. The van der Waals surface area contributed by atoms with Gasteiger partial charge in [-0.1, -0.05) is 24.3 Å². The maximum Gasteiger partial charge on any atom is 0.191 e. The fourth-order valence-corrected chi connectivity index (χ4v) is 2.29. The van der Waals surface area contributed by atoms with E-state index >= 15 is 0 Å². The third-order valence-electron chi connectivity index (χ3n) is 3.37. The van der Waals surface area contributed by atoms with Crippen LogP contribution in [0.3, 0.4) is 0 Å². The Morgan fingerprint density at radius 3 is 2.74 bits per heavy atom. The Morgan fingerprint density at radius 2 is 1.96 bits per heavy atom. The van der Waals surface area contributed by atoms with Crippen molar-refractivity contribution in [2.24, 2.45) is 4.99 Å². The Kier molecular flexibility index (Phi) is 9.54. The average molecular weight is 428 g/mol. The van der Waals surface area contributed by atoms with E-state index in [1.807, 2.05) is 19.2 Å². The number of pyridine rings is 1. The summed E-state index contributed by atoms with van der Waals surface area (Å²) in [4.78, 5) is 8.68. The normalized spacial score (nSPS) is 11.1. The first kappa shape index (κ1) is 19.6. The van der Waals surface area contributed by atoms with E-state index in [0.29, 0.717) is 6.61 Å². The average Bonchev–Trinajstić information content (AvgIpc) is 2.57. The van der Waals surface area contributed by atoms with E-state index in [0.717, 1.165) is 37.6 Å². The van der Waals surface area contributed by atoms with Gasteiger partial charge in [0.25, 0.3) is 0 Å². The van der Waals surface area contributed by atoms with Gasteiger partial charge in [0.15, 0.2) is 5.96 Å². The van der Waals surface area contributed by atoms with Crippen molar-refractivity contribution in [2.75, 3.05) is 33.4 Å². The molecule has 126 valence electrons. The molecule has 0 unspecified atom stereocenters. The van der Waals surface area contributed by atoms with Crippen LogP contribution < -0.4 is 10.6 Å². The lowest BCUT2D eigenvalue weighted by Crippen LogP contribution is -2.39. The van der Waals surface area contributed by atoms with Gasteiger partial charge in [0, 0.05) is 38.3 Å². The van der Waals surface area contributed by atoms with Gasteiger partial charge in [0.05, 0.1) is 12.1 Å². The zero-order valence-corrected chi connectivity index (χ0v) is 16.0. The molecular weight excluding hydrogens is 403 g/mol. The lowest BCUT2D eigenvalue weighted by Gasteiger charge is -2.12. The molecular formula is C17H25IN4O. The first-order valence-corrected chi connectivity index (χ1v) is 7.70. The van der Waals surface area contributed by atoms with Crippen LogP contribution in [0.25, 0.3) is 10.9 Å². The van der Waals surface area contributed by atoms with Crippen LogP contribution in [-0.2, 0) is 11.2 Å². The summed E-state index contributed by atoms with van der Waals surface area (Å²) in [5.74, 6) is 0.799. The summed E-state index contributed by atoms with van der Waals surface area (Å²) >= 11 is 0. The SMILES string of the molecule is CCOCCNC(=NC)NCCc1cccc2cccnc12.I. The number of fused-ring (bicyclic) bond motifs is 1. The molecule has 0 spiro atoms. The molecule has 0 amide bonds. The summed E-state index contributed by atoms with van der Waals surface area (Å²) in [5.41, 5.74) is 2.32. The smallest absolute Gasteiger partial charge is 0.191 e. The molecule has 0 saturated carbocycles. The molecule has 5 nitrogen and oxygen atoms in total. The van der Waals surface area contributed by atoms with Crippen molar-refractivity contribution >= 4 is 40.8 Å². The zero-order chi connectivity index (χ0) is 15.6. The van der Waals surface area contributed by atoms with Crippen molar-refractivity contribution in [3.63, 3.8) is 0 Å². The summed E-state index contributed by atoms with van der Waals surface area (Å²) in [7, 11) is 1.77. The summed E-state index contributed by atoms with van der Waals surface area (Å²) in [5, 5.41) is 7.72. The highest BCUT2D eigenvalue weighted by Gasteiger charge is 2.02. The first-order chi connectivity index (χ1) is 10.8. The highest BCUT2D eigenvalue weighted by molar-refractivity contribution is 14.0. The molecule has 2 N–H and O–H groups in total. The predicted molar refractivity (Wildman–Crippen MR) is 107 cm³/mol. The van der Waals surface area contributed by atoms with Gasteiger partial charge >= 0.3 is 0 Å². The molecule has 2 rings (SSSR count). The maximum atomic E-state index is 5.30. The van der Waals surface area contributed by atoms with E-state index < -0.39 is 0 Å². The van der Waals surface area contributed by atoms with E-state index in [2.05, 4.69) is 44.9 Å². The highest BCUT2D eigenvalue weighted by atomic mass is 127. The van der Waals surface area contributed by atoms with Crippen molar-refractivity contribution in [3.05, 3.63) is 42.1 Å². The van der Waals surface area contributed by atoms with Gasteiger partial charge in [-0.2, -0.15) is 0 Å². The molecule has 1 aromatic carbocycles. The molecule has 1 aromatic heterocycles. The van der Waals surface area contributed by atoms with Crippen molar-refractivity contribution in [1.29, 1.82) is 0 Å². The Bertz CT molecular complexity index is 613. The van der Waals surface area contributed by atoms with Gasteiger partial charge in [-0.15, -0.1) is 24.0 Å². The number of nitrogens with zero attached hydrogens (tertiary/aromatic N) is 2. The number of hydrogen-bond acceptors (Lipinski definition) is 3. The molecule has 0 aliphatic carbocycles. The van der Waals surface area contributed by atoms with Crippen LogP contribution in [0.1, 0.15) is 12.5 Å². The quantitative estimate of drug-likeness (QED) is 0.308. The van der Waals surface area contributed by atoms with Gasteiger partial charge in [-0.25, -0.2) is 0 Å². The third-order valence-corrected chi connectivity index (χ3v) is 3.37. The third kappa shape index (κ3) is 6.31. The van der Waals surface area contributed by atoms with Gasteiger partial charge < -0.3 is 15.4 Å². The number of benzene rings is 1. The van der Waals surface area contributed by atoms with Gasteiger partial charge in [-0.05, 0) is 25.0 Å². The van der Waals surface area contributed by atoms with Crippen LogP contribution in [0, 0.1) is 0 Å². The Morgan fingerprint density at radius 1 is 1.17 bits per heavy atom. The van der Waals surface area contributed by atoms with Crippen LogP contribution in [0.2, 0.25) is 0 Å². The Hall–Kier alpha value is -1.41. The second-order valence-corrected chi connectivity index (χ2v) is 4.86. The molecule has 0 radical (unpaired) electrons. The second-order valence-electron chi connectivity index (χ2n) is 4.86. The first-order valence-electron chi connectivity index (χ1n) is 7.70. The second kappa shape index (κ2) is 11.2.